The molecule has 94 valence electrons. The van der Waals surface area contributed by atoms with Crippen molar-refractivity contribution < 1.29 is 4.79 Å². The monoisotopic (exact) mass is 299 g/mol. The zero-order valence-corrected chi connectivity index (χ0v) is 12.1. The lowest BCUT2D eigenvalue weighted by Crippen LogP contribution is -2.47. The maximum atomic E-state index is 12.5. The minimum atomic E-state index is 0.0391. The van der Waals surface area contributed by atoms with Crippen molar-refractivity contribution in [2.75, 3.05) is 0 Å². The highest BCUT2D eigenvalue weighted by atomic mass is 79.9. The molecule has 1 aliphatic heterocycles. The van der Waals surface area contributed by atoms with E-state index in [0.717, 1.165) is 17.3 Å². The van der Waals surface area contributed by atoms with Crippen LogP contribution in [0.25, 0.3) is 0 Å². The van der Waals surface area contributed by atoms with Crippen molar-refractivity contribution in [3.8, 4) is 0 Å². The van der Waals surface area contributed by atoms with E-state index in [1.807, 2.05) is 18.1 Å². The quantitative estimate of drug-likeness (QED) is 0.799. The number of carbonyl (C=O) groups is 1. The molecule has 1 amide bonds. The van der Waals surface area contributed by atoms with Crippen LogP contribution in [0, 0.1) is 0 Å². The number of halogens is 1. The van der Waals surface area contributed by atoms with Crippen molar-refractivity contribution in [2.45, 2.75) is 45.2 Å². The molecule has 1 fully saturated rings. The lowest BCUT2D eigenvalue weighted by atomic mass is 9.97. The molecule has 0 saturated carbocycles. The summed E-state index contributed by atoms with van der Waals surface area (Å²) in [6.45, 7) is 4.23. The number of amides is 1. The van der Waals surface area contributed by atoms with Gasteiger partial charge in [-0.2, -0.15) is 5.10 Å². The van der Waals surface area contributed by atoms with Gasteiger partial charge in [-0.3, -0.25) is 9.48 Å². The standard InChI is InChI=1S/C12H18BrN3O/c1-8-5-4-6-9(2)16(8)12(17)11-10(13)7-15(3)14-11/h7-9H,4-6H2,1-3H3/t8-,9-/m1/s1. The fourth-order valence-electron chi connectivity index (χ4n) is 2.55. The van der Waals surface area contributed by atoms with E-state index in [1.54, 1.807) is 4.68 Å². The highest BCUT2D eigenvalue weighted by Gasteiger charge is 2.31. The Balaban J connectivity index is 2.27. The molecule has 2 heterocycles. The van der Waals surface area contributed by atoms with E-state index in [1.165, 1.54) is 6.42 Å². The molecule has 4 nitrogen and oxygen atoms in total. The molecule has 0 N–H and O–H groups in total. The number of aromatic nitrogens is 2. The summed E-state index contributed by atoms with van der Waals surface area (Å²) in [5.41, 5.74) is 0.521. The first-order valence-corrected chi connectivity index (χ1v) is 6.82. The number of piperidine rings is 1. The number of carbonyl (C=O) groups excluding carboxylic acids is 1. The van der Waals surface area contributed by atoms with Crippen molar-refractivity contribution in [3.63, 3.8) is 0 Å². The zero-order chi connectivity index (χ0) is 12.6. The fourth-order valence-corrected chi connectivity index (χ4v) is 3.09. The Hall–Kier alpha value is -0.840. The second-order valence-corrected chi connectivity index (χ2v) is 5.70. The van der Waals surface area contributed by atoms with Crippen LogP contribution < -0.4 is 0 Å². The van der Waals surface area contributed by atoms with E-state index in [4.69, 9.17) is 0 Å². The number of hydrogen-bond donors (Lipinski definition) is 0. The Morgan fingerprint density at radius 3 is 2.47 bits per heavy atom. The fraction of sp³-hybridized carbons (Fsp3) is 0.667. The molecule has 1 saturated heterocycles. The molecule has 0 unspecified atom stereocenters. The Labute approximate surface area is 110 Å². The first-order chi connectivity index (χ1) is 8.00. The topological polar surface area (TPSA) is 38.1 Å². The van der Waals surface area contributed by atoms with Gasteiger partial charge in [0.25, 0.3) is 5.91 Å². The largest absolute Gasteiger partial charge is 0.332 e. The molecule has 1 aromatic rings. The number of hydrogen-bond acceptors (Lipinski definition) is 2. The second-order valence-electron chi connectivity index (χ2n) is 4.84. The van der Waals surface area contributed by atoms with Crippen LogP contribution in [0.1, 0.15) is 43.6 Å². The summed E-state index contributed by atoms with van der Waals surface area (Å²) in [5, 5.41) is 4.23. The molecule has 0 aromatic carbocycles. The number of rotatable bonds is 1. The van der Waals surface area contributed by atoms with E-state index in [2.05, 4.69) is 34.9 Å². The van der Waals surface area contributed by atoms with Crippen LogP contribution in [0.15, 0.2) is 10.7 Å². The number of likely N-dealkylation sites (tertiary alicyclic amines) is 1. The van der Waals surface area contributed by atoms with Gasteiger partial charge in [0.05, 0.1) is 4.47 Å². The summed E-state index contributed by atoms with van der Waals surface area (Å²) in [6, 6.07) is 0.611. The third-order valence-electron chi connectivity index (χ3n) is 3.41. The van der Waals surface area contributed by atoms with Crippen LogP contribution in [0.4, 0.5) is 0 Å². The second kappa shape index (κ2) is 4.80. The molecule has 0 bridgehead atoms. The zero-order valence-electron chi connectivity index (χ0n) is 10.5. The predicted octanol–water partition coefficient (Wildman–Crippen LogP) is 2.59. The van der Waals surface area contributed by atoms with E-state index < -0.39 is 0 Å². The summed E-state index contributed by atoms with van der Waals surface area (Å²) in [7, 11) is 1.82. The minimum Gasteiger partial charge on any atom is -0.332 e. The molecule has 1 aromatic heterocycles. The molecule has 5 heteroatoms. The maximum Gasteiger partial charge on any atom is 0.276 e. The Kier molecular flexibility index (Phi) is 3.56. The lowest BCUT2D eigenvalue weighted by molar-refractivity contribution is 0.0503. The van der Waals surface area contributed by atoms with E-state index >= 15 is 0 Å². The molecule has 0 spiro atoms. The normalized spacial score (nSPS) is 25.1. The van der Waals surface area contributed by atoms with E-state index in [0.29, 0.717) is 17.8 Å². The van der Waals surface area contributed by atoms with Crippen molar-refractivity contribution >= 4 is 21.8 Å². The van der Waals surface area contributed by atoms with Gasteiger partial charge in [0, 0.05) is 25.3 Å². The third-order valence-corrected chi connectivity index (χ3v) is 4.00. The first-order valence-electron chi connectivity index (χ1n) is 6.02. The molecular formula is C12H18BrN3O. The SMILES string of the molecule is C[C@@H]1CCC[C@@H](C)N1C(=O)c1nn(C)cc1Br. The van der Waals surface area contributed by atoms with Gasteiger partial charge in [-0.25, -0.2) is 0 Å². The van der Waals surface area contributed by atoms with Crippen LogP contribution in [0.5, 0.6) is 0 Å². The van der Waals surface area contributed by atoms with Gasteiger partial charge in [-0.05, 0) is 49.0 Å². The van der Waals surface area contributed by atoms with Gasteiger partial charge < -0.3 is 4.90 Å². The third kappa shape index (κ3) is 2.39. The lowest BCUT2D eigenvalue weighted by Gasteiger charge is -2.38. The highest BCUT2D eigenvalue weighted by molar-refractivity contribution is 9.10. The molecular weight excluding hydrogens is 282 g/mol. The summed E-state index contributed by atoms with van der Waals surface area (Å²) in [5.74, 6) is 0.0391. The predicted molar refractivity (Wildman–Crippen MR) is 69.9 cm³/mol. The van der Waals surface area contributed by atoms with Crippen molar-refractivity contribution in [1.29, 1.82) is 0 Å². The van der Waals surface area contributed by atoms with Gasteiger partial charge in [0.15, 0.2) is 5.69 Å². The molecule has 0 aliphatic carbocycles. The number of nitrogens with zero attached hydrogens (tertiary/aromatic N) is 3. The van der Waals surface area contributed by atoms with Crippen molar-refractivity contribution in [2.24, 2.45) is 7.05 Å². The minimum absolute atomic E-state index is 0.0391. The number of aryl methyl sites for hydroxylation is 1. The van der Waals surface area contributed by atoms with Gasteiger partial charge >= 0.3 is 0 Å². The van der Waals surface area contributed by atoms with Gasteiger partial charge in [0.2, 0.25) is 0 Å². The Morgan fingerprint density at radius 1 is 1.41 bits per heavy atom. The van der Waals surface area contributed by atoms with Gasteiger partial charge in [-0.1, -0.05) is 0 Å². The van der Waals surface area contributed by atoms with Crippen LogP contribution in [0.3, 0.4) is 0 Å². The molecule has 1 aliphatic rings. The molecule has 17 heavy (non-hydrogen) atoms. The van der Waals surface area contributed by atoms with E-state index in [9.17, 15) is 4.79 Å². The molecule has 2 atom stereocenters. The van der Waals surface area contributed by atoms with Crippen LogP contribution in [-0.4, -0.2) is 32.7 Å². The average Bonchev–Trinajstić information content (AvgIpc) is 2.57. The van der Waals surface area contributed by atoms with Gasteiger partial charge in [-0.15, -0.1) is 0 Å². The Bertz CT molecular complexity index is 419. The maximum absolute atomic E-state index is 12.5. The summed E-state index contributed by atoms with van der Waals surface area (Å²) < 4.78 is 2.44. The summed E-state index contributed by atoms with van der Waals surface area (Å²) in [4.78, 5) is 14.4. The summed E-state index contributed by atoms with van der Waals surface area (Å²) in [6.07, 6.45) is 5.18. The van der Waals surface area contributed by atoms with Gasteiger partial charge in [0.1, 0.15) is 0 Å². The van der Waals surface area contributed by atoms with Crippen molar-refractivity contribution in [1.82, 2.24) is 14.7 Å². The first kappa shape index (κ1) is 12.6. The Morgan fingerprint density at radius 2 is 2.00 bits per heavy atom. The van der Waals surface area contributed by atoms with Crippen LogP contribution >= 0.6 is 15.9 Å². The average molecular weight is 300 g/mol. The van der Waals surface area contributed by atoms with Crippen LogP contribution in [0.2, 0.25) is 0 Å². The van der Waals surface area contributed by atoms with Crippen LogP contribution in [-0.2, 0) is 7.05 Å². The smallest absolute Gasteiger partial charge is 0.276 e. The van der Waals surface area contributed by atoms with E-state index in [-0.39, 0.29) is 5.91 Å². The molecule has 2 rings (SSSR count). The van der Waals surface area contributed by atoms with Crippen molar-refractivity contribution in [3.05, 3.63) is 16.4 Å². The summed E-state index contributed by atoms with van der Waals surface area (Å²) >= 11 is 3.39. The highest BCUT2D eigenvalue weighted by Crippen LogP contribution is 2.26. The molecule has 0 radical (unpaired) electrons.